The van der Waals surface area contributed by atoms with Crippen molar-refractivity contribution in [2.45, 2.75) is 6.42 Å². The fourth-order valence-corrected chi connectivity index (χ4v) is 2.45. The molecule has 0 amide bonds. The van der Waals surface area contributed by atoms with E-state index in [1.54, 1.807) is 0 Å². The summed E-state index contributed by atoms with van der Waals surface area (Å²) in [5.41, 5.74) is 3.11. The molecule has 1 heteroatoms. The van der Waals surface area contributed by atoms with Gasteiger partial charge >= 0.3 is 0 Å². The molecule has 3 aromatic rings. The fraction of sp³-hybridized carbons (Fsp3) is 0.0556. The highest BCUT2D eigenvalue weighted by molar-refractivity contribution is 5.99. The maximum absolute atomic E-state index is 11.4. The van der Waals surface area contributed by atoms with Crippen molar-refractivity contribution < 1.29 is 4.79 Å². The summed E-state index contributed by atoms with van der Waals surface area (Å²) in [7, 11) is 0. The molecule has 0 saturated heterocycles. The first-order valence-corrected chi connectivity index (χ1v) is 6.38. The molecule has 0 aromatic heterocycles. The number of carbonyl (C=O) groups excluding carboxylic acids is 1. The molecule has 0 atom stereocenters. The van der Waals surface area contributed by atoms with Gasteiger partial charge in [0.25, 0.3) is 0 Å². The van der Waals surface area contributed by atoms with Gasteiger partial charge in [-0.05, 0) is 28.3 Å². The van der Waals surface area contributed by atoms with Crippen LogP contribution in [0.4, 0.5) is 0 Å². The summed E-state index contributed by atoms with van der Waals surface area (Å²) in [5, 5.41) is 2.15. The van der Waals surface area contributed by atoms with Gasteiger partial charge in [0, 0.05) is 5.56 Å². The Hall–Kier alpha value is -2.41. The lowest BCUT2D eigenvalue weighted by Crippen LogP contribution is -1.95. The second-order valence-electron chi connectivity index (χ2n) is 4.64. The molecular formula is C18H14O. The van der Waals surface area contributed by atoms with E-state index in [4.69, 9.17) is 0 Å². The van der Waals surface area contributed by atoms with Crippen molar-refractivity contribution in [2.75, 3.05) is 0 Å². The monoisotopic (exact) mass is 246 g/mol. The molecule has 0 aliphatic carbocycles. The van der Waals surface area contributed by atoms with Crippen LogP contribution < -0.4 is 0 Å². The van der Waals surface area contributed by atoms with E-state index in [0.29, 0.717) is 0 Å². The summed E-state index contributed by atoms with van der Waals surface area (Å²) in [6.07, 6.45) is 1.76. The van der Waals surface area contributed by atoms with Crippen LogP contribution in [0.25, 0.3) is 10.8 Å². The smallest absolute Gasteiger partial charge is 0.150 e. The van der Waals surface area contributed by atoms with Crippen molar-refractivity contribution in [1.82, 2.24) is 0 Å². The van der Waals surface area contributed by atoms with Crippen LogP contribution in [0.5, 0.6) is 0 Å². The first kappa shape index (κ1) is 11.7. The maximum Gasteiger partial charge on any atom is 0.150 e. The summed E-state index contributed by atoms with van der Waals surface area (Å²) in [5.74, 6) is 0. The number of hydrogen-bond acceptors (Lipinski definition) is 1. The van der Waals surface area contributed by atoms with E-state index >= 15 is 0 Å². The normalized spacial score (nSPS) is 10.5. The number of carbonyl (C=O) groups is 1. The summed E-state index contributed by atoms with van der Waals surface area (Å²) < 4.78 is 0. The number of fused-ring (bicyclic) bond motifs is 1. The lowest BCUT2D eigenvalue weighted by Gasteiger charge is -2.08. The van der Waals surface area contributed by atoms with Crippen LogP contribution in [0.15, 0.2) is 66.7 Å². The molecule has 92 valence electrons. The molecule has 0 aliphatic heterocycles. The van der Waals surface area contributed by atoms with E-state index in [1.165, 1.54) is 5.56 Å². The summed E-state index contributed by atoms with van der Waals surface area (Å²) in [6, 6.07) is 22.4. The molecule has 0 fully saturated rings. The quantitative estimate of drug-likeness (QED) is 0.632. The van der Waals surface area contributed by atoms with E-state index in [0.717, 1.165) is 34.6 Å². The molecule has 0 bridgehead atoms. The molecule has 0 radical (unpaired) electrons. The SMILES string of the molecule is O=Cc1c(Cc2ccccc2)ccc2ccccc12. The van der Waals surface area contributed by atoms with Crippen LogP contribution in [0, 0.1) is 0 Å². The standard InChI is InChI=1S/C18H14O/c19-13-18-16(12-14-6-2-1-3-7-14)11-10-15-8-4-5-9-17(15)18/h1-11,13H,12H2. The third-order valence-corrected chi connectivity index (χ3v) is 3.42. The topological polar surface area (TPSA) is 17.1 Å². The second kappa shape index (κ2) is 5.07. The number of aldehydes is 1. The molecule has 3 rings (SSSR count). The van der Waals surface area contributed by atoms with E-state index in [9.17, 15) is 4.79 Å². The van der Waals surface area contributed by atoms with E-state index in [-0.39, 0.29) is 0 Å². The highest BCUT2D eigenvalue weighted by atomic mass is 16.1. The third kappa shape index (κ3) is 2.27. The average molecular weight is 246 g/mol. The van der Waals surface area contributed by atoms with E-state index in [2.05, 4.69) is 24.3 Å². The predicted octanol–water partition coefficient (Wildman–Crippen LogP) is 4.24. The zero-order chi connectivity index (χ0) is 13.1. The van der Waals surface area contributed by atoms with Gasteiger partial charge < -0.3 is 0 Å². The van der Waals surface area contributed by atoms with Gasteiger partial charge in [0.15, 0.2) is 6.29 Å². The molecule has 0 N–H and O–H groups in total. The molecular weight excluding hydrogens is 232 g/mol. The van der Waals surface area contributed by atoms with Gasteiger partial charge in [-0.15, -0.1) is 0 Å². The largest absolute Gasteiger partial charge is 0.298 e. The summed E-state index contributed by atoms with van der Waals surface area (Å²) in [4.78, 5) is 11.4. The summed E-state index contributed by atoms with van der Waals surface area (Å²) in [6.45, 7) is 0. The minimum atomic E-state index is 0.791. The minimum absolute atomic E-state index is 0.791. The molecule has 0 saturated carbocycles. The molecule has 3 aromatic carbocycles. The molecule has 19 heavy (non-hydrogen) atoms. The first-order valence-electron chi connectivity index (χ1n) is 6.38. The Balaban J connectivity index is 2.11. The molecule has 0 unspecified atom stereocenters. The predicted molar refractivity (Wildman–Crippen MR) is 78.6 cm³/mol. The Kier molecular flexibility index (Phi) is 3.11. The van der Waals surface area contributed by atoms with Crippen molar-refractivity contribution in [3.8, 4) is 0 Å². The van der Waals surface area contributed by atoms with Crippen LogP contribution in [0.3, 0.4) is 0 Å². The molecule has 0 heterocycles. The van der Waals surface area contributed by atoms with Crippen LogP contribution in [-0.2, 0) is 6.42 Å². The van der Waals surface area contributed by atoms with Gasteiger partial charge in [-0.2, -0.15) is 0 Å². The van der Waals surface area contributed by atoms with Crippen LogP contribution in [-0.4, -0.2) is 6.29 Å². The van der Waals surface area contributed by atoms with Gasteiger partial charge in [-0.3, -0.25) is 4.79 Å². The van der Waals surface area contributed by atoms with Gasteiger partial charge in [0.2, 0.25) is 0 Å². The molecule has 1 nitrogen and oxygen atoms in total. The number of hydrogen-bond donors (Lipinski definition) is 0. The third-order valence-electron chi connectivity index (χ3n) is 3.42. The lowest BCUT2D eigenvalue weighted by atomic mass is 9.95. The Bertz CT molecular complexity index is 714. The van der Waals surface area contributed by atoms with Crippen LogP contribution in [0.1, 0.15) is 21.5 Å². The van der Waals surface area contributed by atoms with Crippen LogP contribution >= 0.6 is 0 Å². The fourth-order valence-electron chi connectivity index (χ4n) is 2.45. The van der Waals surface area contributed by atoms with Gasteiger partial charge in [-0.25, -0.2) is 0 Å². The van der Waals surface area contributed by atoms with E-state index in [1.807, 2.05) is 42.5 Å². The second-order valence-corrected chi connectivity index (χ2v) is 4.64. The van der Waals surface area contributed by atoms with Crippen molar-refractivity contribution >= 4 is 17.1 Å². The minimum Gasteiger partial charge on any atom is -0.298 e. The van der Waals surface area contributed by atoms with Crippen molar-refractivity contribution in [1.29, 1.82) is 0 Å². The van der Waals surface area contributed by atoms with Gasteiger partial charge in [-0.1, -0.05) is 66.7 Å². The zero-order valence-corrected chi connectivity index (χ0v) is 10.5. The van der Waals surface area contributed by atoms with E-state index < -0.39 is 0 Å². The van der Waals surface area contributed by atoms with Crippen molar-refractivity contribution in [3.63, 3.8) is 0 Å². The van der Waals surface area contributed by atoms with Gasteiger partial charge in [0.05, 0.1) is 0 Å². The zero-order valence-electron chi connectivity index (χ0n) is 10.5. The number of benzene rings is 3. The Morgan fingerprint density at radius 1 is 0.789 bits per heavy atom. The molecule has 0 aliphatic rings. The summed E-state index contributed by atoms with van der Waals surface area (Å²) >= 11 is 0. The van der Waals surface area contributed by atoms with Gasteiger partial charge in [0.1, 0.15) is 0 Å². The van der Waals surface area contributed by atoms with Crippen molar-refractivity contribution in [3.05, 3.63) is 83.4 Å². The van der Waals surface area contributed by atoms with Crippen molar-refractivity contribution in [2.24, 2.45) is 0 Å². The Morgan fingerprint density at radius 3 is 2.32 bits per heavy atom. The Morgan fingerprint density at radius 2 is 1.53 bits per heavy atom. The molecule has 0 spiro atoms. The average Bonchev–Trinajstić information content (AvgIpc) is 2.48. The number of rotatable bonds is 3. The first-order chi connectivity index (χ1) is 9.38. The highest BCUT2D eigenvalue weighted by Crippen LogP contribution is 2.23. The van der Waals surface area contributed by atoms with Crippen LogP contribution in [0.2, 0.25) is 0 Å². The maximum atomic E-state index is 11.4. The lowest BCUT2D eigenvalue weighted by molar-refractivity contribution is 0.112. The Labute approximate surface area is 112 Å². The highest BCUT2D eigenvalue weighted by Gasteiger charge is 2.07.